The number of rotatable bonds is 6. The van der Waals surface area contributed by atoms with Crippen LogP contribution in [-0.2, 0) is 16.1 Å². The number of ether oxygens (including phenoxy) is 2. The number of benzene rings is 2. The highest BCUT2D eigenvalue weighted by atomic mass is 35.5. The zero-order valence-electron chi connectivity index (χ0n) is 12.5. The molecule has 0 fully saturated rings. The molecular weight excluding hydrogens is 318 g/mol. The Bertz CT molecular complexity index is 685. The van der Waals surface area contributed by atoms with E-state index in [0.717, 1.165) is 0 Å². The molecule has 5 nitrogen and oxygen atoms in total. The molecule has 0 spiro atoms. The minimum atomic E-state index is -0.535. The molecule has 23 heavy (non-hydrogen) atoms. The summed E-state index contributed by atoms with van der Waals surface area (Å²) in [6.45, 7) is -0.147. The van der Waals surface area contributed by atoms with E-state index in [2.05, 4.69) is 5.32 Å². The number of nitrogens with one attached hydrogen (secondary N) is 1. The molecule has 0 bridgehead atoms. The van der Waals surface area contributed by atoms with E-state index >= 15 is 0 Å². The van der Waals surface area contributed by atoms with Crippen LogP contribution in [0.25, 0.3) is 0 Å². The van der Waals surface area contributed by atoms with Crippen molar-refractivity contribution < 1.29 is 19.1 Å². The van der Waals surface area contributed by atoms with Gasteiger partial charge in [0.1, 0.15) is 18.9 Å². The van der Waals surface area contributed by atoms with E-state index in [4.69, 9.17) is 21.1 Å². The second-order valence-electron chi connectivity index (χ2n) is 4.66. The summed E-state index contributed by atoms with van der Waals surface area (Å²) in [5.74, 6) is -0.241. The minimum absolute atomic E-state index is 0.0664. The van der Waals surface area contributed by atoms with Gasteiger partial charge >= 0.3 is 5.97 Å². The van der Waals surface area contributed by atoms with Gasteiger partial charge < -0.3 is 14.8 Å². The second kappa shape index (κ2) is 8.19. The Hall–Kier alpha value is -2.53. The molecule has 2 aromatic rings. The normalized spacial score (nSPS) is 10.0. The van der Waals surface area contributed by atoms with Crippen molar-refractivity contribution in [2.24, 2.45) is 0 Å². The van der Waals surface area contributed by atoms with Gasteiger partial charge in [0.05, 0.1) is 7.11 Å². The number of carbonyl (C=O) groups is 2. The summed E-state index contributed by atoms with van der Waals surface area (Å²) < 4.78 is 10.1. The smallest absolute Gasteiger partial charge is 0.325 e. The third kappa shape index (κ3) is 5.00. The molecule has 0 atom stereocenters. The van der Waals surface area contributed by atoms with E-state index in [1.54, 1.807) is 55.6 Å². The van der Waals surface area contributed by atoms with Crippen LogP contribution in [0.5, 0.6) is 5.75 Å². The van der Waals surface area contributed by atoms with Gasteiger partial charge in [-0.05, 0) is 30.3 Å². The molecule has 1 amide bonds. The Labute approximate surface area is 139 Å². The van der Waals surface area contributed by atoms with Crippen molar-refractivity contribution in [3.63, 3.8) is 0 Å². The molecule has 0 saturated carbocycles. The minimum Gasteiger partial charge on any atom is -0.497 e. The van der Waals surface area contributed by atoms with Gasteiger partial charge in [-0.2, -0.15) is 0 Å². The number of carbonyl (C=O) groups excluding carboxylic acids is 2. The highest BCUT2D eigenvalue weighted by Crippen LogP contribution is 2.15. The SMILES string of the molecule is COc1ccc(C(=O)NCC(=O)OCc2ccccc2Cl)cc1. The number of hydrogen-bond donors (Lipinski definition) is 1. The topological polar surface area (TPSA) is 64.6 Å². The monoisotopic (exact) mass is 333 g/mol. The Kier molecular flexibility index (Phi) is 6.00. The molecule has 0 radical (unpaired) electrons. The van der Waals surface area contributed by atoms with Crippen molar-refractivity contribution in [2.45, 2.75) is 6.61 Å². The molecule has 0 unspecified atom stereocenters. The molecule has 120 valence electrons. The molecule has 0 saturated heterocycles. The summed E-state index contributed by atoms with van der Waals surface area (Å²) >= 11 is 5.97. The number of esters is 1. The van der Waals surface area contributed by atoms with Crippen molar-refractivity contribution in [3.8, 4) is 5.75 Å². The standard InChI is InChI=1S/C17H16ClNO4/c1-22-14-8-6-12(7-9-14)17(21)19-10-16(20)23-11-13-4-2-3-5-15(13)18/h2-9H,10-11H2,1H3,(H,19,21). The fraction of sp³-hybridized carbons (Fsp3) is 0.176. The average Bonchev–Trinajstić information content (AvgIpc) is 2.59. The Morgan fingerprint density at radius 2 is 1.78 bits per heavy atom. The maximum absolute atomic E-state index is 11.9. The lowest BCUT2D eigenvalue weighted by atomic mass is 10.2. The van der Waals surface area contributed by atoms with Crippen molar-refractivity contribution in [1.82, 2.24) is 5.32 Å². The Morgan fingerprint density at radius 1 is 1.09 bits per heavy atom. The highest BCUT2D eigenvalue weighted by Gasteiger charge is 2.10. The van der Waals surface area contributed by atoms with E-state index in [1.807, 2.05) is 0 Å². The first kappa shape index (κ1) is 16.8. The molecule has 0 aromatic heterocycles. The van der Waals surface area contributed by atoms with Crippen molar-refractivity contribution in [3.05, 3.63) is 64.7 Å². The molecule has 6 heteroatoms. The average molecular weight is 334 g/mol. The lowest BCUT2D eigenvalue weighted by Crippen LogP contribution is -2.30. The predicted molar refractivity (Wildman–Crippen MR) is 86.6 cm³/mol. The van der Waals surface area contributed by atoms with Crippen LogP contribution in [0, 0.1) is 0 Å². The molecule has 0 aliphatic rings. The third-order valence-corrected chi connectivity index (χ3v) is 3.46. The first-order valence-electron chi connectivity index (χ1n) is 6.91. The Morgan fingerprint density at radius 3 is 2.43 bits per heavy atom. The van der Waals surface area contributed by atoms with Gasteiger partial charge in [-0.25, -0.2) is 0 Å². The first-order valence-corrected chi connectivity index (χ1v) is 7.29. The van der Waals surface area contributed by atoms with Gasteiger partial charge in [-0.1, -0.05) is 29.8 Å². The molecule has 0 aliphatic carbocycles. The van der Waals surface area contributed by atoms with Crippen LogP contribution >= 0.6 is 11.6 Å². The number of amides is 1. The van der Waals surface area contributed by atoms with Gasteiger partial charge in [0, 0.05) is 16.1 Å². The zero-order valence-corrected chi connectivity index (χ0v) is 13.3. The maximum atomic E-state index is 11.9. The fourth-order valence-electron chi connectivity index (χ4n) is 1.82. The summed E-state index contributed by atoms with van der Waals surface area (Å²) in [5.41, 5.74) is 1.15. The largest absolute Gasteiger partial charge is 0.497 e. The number of hydrogen-bond acceptors (Lipinski definition) is 4. The van der Waals surface area contributed by atoms with Crippen molar-refractivity contribution in [2.75, 3.05) is 13.7 Å². The predicted octanol–water partition coefficient (Wildman–Crippen LogP) is 2.82. The van der Waals surface area contributed by atoms with Crippen LogP contribution in [-0.4, -0.2) is 25.5 Å². The van der Waals surface area contributed by atoms with Gasteiger partial charge in [0.2, 0.25) is 0 Å². The van der Waals surface area contributed by atoms with Crippen LogP contribution < -0.4 is 10.1 Å². The summed E-state index contributed by atoms with van der Waals surface area (Å²) in [4.78, 5) is 23.6. The summed E-state index contributed by atoms with van der Waals surface area (Å²) in [7, 11) is 1.55. The Balaban J connectivity index is 1.79. The summed E-state index contributed by atoms with van der Waals surface area (Å²) in [6, 6.07) is 13.7. The maximum Gasteiger partial charge on any atom is 0.325 e. The van der Waals surface area contributed by atoms with Crippen LogP contribution in [0.1, 0.15) is 15.9 Å². The van der Waals surface area contributed by atoms with Gasteiger partial charge in [0.25, 0.3) is 5.91 Å². The van der Waals surface area contributed by atoms with E-state index in [0.29, 0.717) is 21.9 Å². The molecule has 2 rings (SSSR count). The number of methoxy groups -OCH3 is 1. The van der Waals surface area contributed by atoms with Crippen molar-refractivity contribution >= 4 is 23.5 Å². The van der Waals surface area contributed by atoms with E-state index in [-0.39, 0.29) is 19.1 Å². The summed E-state index contributed by atoms with van der Waals surface area (Å²) in [5, 5.41) is 3.03. The van der Waals surface area contributed by atoms with Gasteiger partial charge in [-0.3, -0.25) is 9.59 Å². The quantitative estimate of drug-likeness (QED) is 0.826. The summed E-state index contributed by atoms with van der Waals surface area (Å²) in [6.07, 6.45) is 0. The van der Waals surface area contributed by atoms with Crippen LogP contribution in [0.2, 0.25) is 5.02 Å². The molecule has 2 aromatic carbocycles. The molecular formula is C17H16ClNO4. The van der Waals surface area contributed by atoms with Crippen molar-refractivity contribution in [1.29, 1.82) is 0 Å². The van der Waals surface area contributed by atoms with Crippen LogP contribution in [0.4, 0.5) is 0 Å². The third-order valence-electron chi connectivity index (χ3n) is 3.09. The van der Waals surface area contributed by atoms with Gasteiger partial charge in [0.15, 0.2) is 0 Å². The van der Waals surface area contributed by atoms with Crippen LogP contribution in [0.3, 0.4) is 0 Å². The number of halogens is 1. The zero-order chi connectivity index (χ0) is 16.7. The lowest BCUT2D eigenvalue weighted by Gasteiger charge is -2.08. The second-order valence-corrected chi connectivity index (χ2v) is 5.07. The molecule has 0 heterocycles. The van der Waals surface area contributed by atoms with Gasteiger partial charge in [-0.15, -0.1) is 0 Å². The molecule has 1 N–H and O–H groups in total. The van der Waals surface area contributed by atoms with Crippen LogP contribution in [0.15, 0.2) is 48.5 Å². The lowest BCUT2D eigenvalue weighted by molar-refractivity contribution is -0.143. The van der Waals surface area contributed by atoms with E-state index < -0.39 is 5.97 Å². The first-order chi connectivity index (χ1) is 11.1. The van der Waals surface area contributed by atoms with E-state index in [1.165, 1.54) is 0 Å². The molecule has 0 aliphatic heterocycles. The highest BCUT2D eigenvalue weighted by molar-refractivity contribution is 6.31. The fourth-order valence-corrected chi connectivity index (χ4v) is 2.01. The van der Waals surface area contributed by atoms with E-state index in [9.17, 15) is 9.59 Å².